The highest BCUT2D eigenvalue weighted by Gasteiger charge is 2.21. The molecule has 1 aromatic carbocycles. The fourth-order valence-corrected chi connectivity index (χ4v) is 3.57. The average Bonchev–Trinajstić information content (AvgIpc) is 3.07. The Hall–Kier alpha value is -1.62. The van der Waals surface area contributed by atoms with Gasteiger partial charge in [0.05, 0.1) is 12.7 Å². The van der Waals surface area contributed by atoms with Crippen molar-refractivity contribution < 1.29 is 9.84 Å². The molecule has 0 saturated heterocycles. The molecule has 1 N–H and O–H groups in total. The summed E-state index contributed by atoms with van der Waals surface area (Å²) in [5.74, 6) is 0.512. The van der Waals surface area contributed by atoms with Gasteiger partial charge in [0, 0.05) is 44.7 Å². The minimum atomic E-state index is -0.477. The van der Waals surface area contributed by atoms with E-state index in [2.05, 4.69) is 93.6 Å². The van der Waals surface area contributed by atoms with Gasteiger partial charge in [0.25, 0.3) is 0 Å². The van der Waals surface area contributed by atoms with Gasteiger partial charge in [-0.2, -0.15) is 0 Å². The fourth-order valence-electron chi connectivity index (χ4n) is 3.57. The molecule has 0 amide bonds. The number of aromatic nitrogens is 1. The summed E-state index contributed by atoms with van der Waals surface area (Å²) in [6, 6.07) is 13.6. The normalized spacial score (nSPS) is 14.6. The van der Waals surface area contributed by atoms with Crippen LogP contribution in [-0.4, -0.2) is 47.0 Å². The molecule has 1 heterocycles. The Kier molecular flexibility index (Phi) is 8.50. The first-order chi connectivity index (χ1) is 13.6. The van der Waals surface area contributed by atoms with E-state index in [4.69, 9.17) is 4.74 Å². The number of nitrogens with zero attached hydrogens (tertiary/aromatic N) is 2. The van der Waals surface area contributed by atoms with Gasteiger partial charge in [-0.15, -0.1) is 0 Å². The van der Waals surface area contributed by atoms with E-state index < -0.39 is 6.10 Å². The van der Waals surface area contributed by atoms with E-state index in [1.54, 1.807) is 7.11 Å². The first-order valence-electron chi connectivity index (χ1n) is 10.8. The maximum atomic E-state index is 10.3. The number of hydrogen-bond donors (Lipinski definition) is 1. The number of hydrogen-bond acceptors (Lipinski definition) is 3. The van der Waals surface area contributed by atoms with E-state index in [0.717, 1.165) is 13.1 Å². The summed E-state index contributed by atoms with van der Waals surface area (Å²) < 4.78 is 7.45. The molecule has 0 aliphatic heterocycles. The zero-order chi connectivity index (χ0) is 21.6. The number of rotatable bonds is 10. The molecule has 29 heavy (non-hydrogen) atoms. The smallest absolute Gasteiger partial charge is 0.0900 e. The number of aliphatic hydroxyl groups is 1. The average molecular weight is 401 g/mol. The van der Waals surface area contributed by atoms with Gasteiger partial charge in [-0.1, -0.05) is 58.9 Å². The lowest BCUT2D eigenvalue weighted by molar-refractivity contribution is 0.0191. The fraction of sp³-hybridized carbons (Fsp3) is 0.600. The highest BCUT2D eigenvalue weighted by atomic mass is 16.5. The second-order valence-electron chi connectivity index (χ2n) is 9.60. The van der Waals surface area contributed by atoms with Crippen molar-refractivity contribution in [1.82, 2.24) is 9.47 Å². The second-order valence-corrected chi connectivity index (χ2v) is 9.60. The molecule has 4 nitrogen and oxygen atoms in total. The van der Waals surface area contributed by atoms with Crippen molar-refractivity contribution in [2.24, 2.45) is 5.92 Å². The largest absolute Gasteiger partial charge is 0.389 e. The number of ether oxygens (including phenoxy) is 1. The van der Waals surface area contributed by atoms with Crippen LogP contribution in [0.1, 0.15) is 58.4 Å². The quantitative estimate of drug-likeness (QED) is 0.629. The van der Waals surface area contributed by atoms with E-state index in [0.29, 0.717) is 25.1 Å². The summed E-state index contributed by atoms with van der Waals surface area (Å²) in [6.07, 6.45) is 1.67. The predicted molar refractivity (Wildman–Crippen MR) is 121 cm³/mol. The molecular weight excluding hydrogens is 360 g/mol. The maximum absolute atomic E-state index is 10.3. The van der Waals surface area contributed by atoms with Crippen LogP contribution in [0.3, 0.4) is 0 Å². The van der Waals surface area contributed by atoms with Crippen molar-refractivity contribution in [1.29, 1.82) is 0 Å². The Bertz CT molecular complexity index is 728. The maximum Gasteiger partial charge on any atom is 0.0900 e. The van der Waals surface area contributed by atoms with Crippen LogP contribution in [-0.2, 0) is 23.2 Å². The van der Waals surface area contributed by atoms with Crippen LogP contribution in [0.2, 0.25) is 0 Å². The monoisotopic (exact) mass is 400 g/mol. The third-order valence-electron chi connectivity index (χ3n) is 5.81. The first kappa shape index (κ1) is 23.7. The molecule has 0 fully saturated rings. The Balaban J connectivity index is 2.14. The van der Waals surface area contributed by atoms with Gasteiger partial charge in [0.2, 0.25) is 0 Å². The molecule has 1 aromatic heterocycles. The van der Waals surface area contributed by atoms with Crippen LogP contribution < -0.4 is 0 Å². The molecule has 4 heteroatoms. The van der Waals surface area contributed by atoms with Crippen LogP contribution in [0.15, 0.2) is 42.6 Å². The van der Waals surface area contributed by atoms with Crippen molar-refractivity contribution in [3.8, 4) is 0 Å². The van der Waals surface area contributed by atoms with Crippen LogP contribution in [0, 0.1) is 5.92 Å². The number of aliphatic hydroxyl groups excluding tert-OH is 1. The highest BCUT2D eigenvalue weighted by Crippen LogP contribution is 2.23. The summed E-state index contributed by atoms with van der Waals surface area (Å²) in [5.41, 5.74) is 4.10. The third kappa shape index (κ3) is 6.98. The molecule has 0 saturated carbocycles. The van der Waals surface area contributed by atoms with Gasteiger partial charge in [0.1, 0.15) is 0 Å². The van der Waals surface area contributed by atoms with Crippen molar-refractivity contribution in [2.75, 3.05) is 20.3 Å². The molecule has 2 rings (SSSR count). The van der Waals surface area contributed by atoms with Gasteiger partial charge in [-0.25, -0.2) is 0 Å². The Morgan fingerprint density at radius 3 is 2.28 bits per heavy atom. The minimum Gasteiger partial charge on any atom is -0.389 e. The summed E-state index contributed by atoms with van der Waals surface area (Å²) in [5, 5.41) is 10.3. The van der Waals surface area contributed by atoms with Crippen LogP contribution in [0.5, 0.6) is 0 Å². The molecular formula is C25H40N2O2. The van der Waals surface area contributed by atoms with Crippen LogP contribution >= 0.6 is 0 Å². The van der Waals surface area contributed by atoms with Gasteiger partial charge >= 0.3 is 0 Å². The Morgan fingerprint density at radius 2 is 1.72 bits per heavy atom. The van der Waals surface area contributed by atoms with E-state index in [1.807, 2.05) is 0 Å². The standard InChI is InChI=1S/C25H40N2O2/c1-19(2)20(3)27(17-24(28)18-29-7)16-23-9-8-14-26(23)15-21-10-12-22(13-11-21)25(4,5)6/h8-14,19-20,24,28H,15-18H2,1-7H3/t20-,24-/m0/s1. The van der Waals surface area contributed by atoms with Gasteiger partial charge in [-0.05, 0) is 41.5 Å². The van der Waals surface area contributed by atoms with Crippen molar-refractivity contribution in [3.63, 3.8) is 0 Å². The zero-order valence-corrected chi connectivity index (χ0v) is 19.4. The molecule has 2 atom stereocenters. The van der Waals surface area contributed by atoms with Crippen molar-refractivity contribution in [2.45, 2.75) is 72.2 Å². The van der Waals surface area contributed by atoms with Crippen LogP contribution in [0.4, 0.5) is 0 Å². The topological polar surface area (TPSA) is 37.6 Å². The van der Waals surface area contributed by atoms with Crippen LogP contribution in [0.25, 0.3) is 0 Å². The van der Waals surface area contributed by atoms with Crippen molar-refractivity contribution in [3.05, 3.63) is 59.4 Å². The lowest BCUT2D eigenvalue weighted by atomic mass is 9.87. The molecule has 0 spiro atoms. The first-order valence-corrected chi connectivity index (χ1v) is 10.8. The van der Waals surface area contributed by atoms with E-state index in [1.165, 1.54) is 16.8 Å². The minimum absolute atomic E-state index is 0.174. The van der Waals surface area contributed by atoms with E-state index in [-0.39, 0.29) is 5.41 Å². The molecule has 0 bridgehead atoms. The molecule has 162 valence electrons. The molecule has 2 aromatic rings. The highest BCUT2D eigenvalue weighted by molar-refractivity contribution is 5.28. The SMILES string of the molecule is COC[C@@H](O)CN(Cc1cccn1Cc1ccc(C(C)(C)C)cc1)[C@@H](C)C(C)C. The second kappa shape index (κ2) is 10.4. The lowest BCUT2D eigenvalue weighted by Crippen LogP contribution is -2.42. The zero-order valence-electron chi connectivity index (χ0n) is 19.4. The molecule has 0 aliphatic rings. The summed E-state index contributed by atoms with van der Waals surface area (Å²) in [4.78, 5) is 2.36. The molecule has 0 radical (unpaired) electrons. The summed E-state index contributed by atoms with van der Waals surface area (Å²) in [6.45, 7) is 16.1. The molecule has 0 unspecified atom stereocenters. The van der Waals surface area contributed by atoms with Gasteiger partial charge in [-0.3, -0.25) is 4.90 Å². The van der Waals surface area contributed by atoms with E-state index in [9.17, 15) is 5.11 Å². The number of benzene rings is 1. The number of methoxy groups -OCH3 is 1. The third-order valence-corrected chi connectivity index (χ3v) is 5.81. The Labute approximate surface area is 177 Å². The summed E-state index contributed by atoms with van der Waals surface area (Å²) in [7, 11) is 1.63. The molecule has 0 aliphatic carbocycles. The lowest BCUT2D eigenvalue weighted by Gasteiger charge is -2.33. The predicted octanol–water partition coefficient (Wildman–Crippen LogP) is 4.69. The van der Waals surface area contributed by atoms with Gasteiger partial charge in [0.15, 0.2) is 0 Å². The van der Waals surface area contributed by atoms with E-state index >= 15 is 0 Å². The van der Waals surface area contributed by atoms with Crippen molar-refractivity contribution >= 4 is 0 Å². The Morgan fingerprint density at radius 1 is 1.07 bits per heavy atom. The summed E-state index contributed by atoms with van der Waals surface area (Å²) >= 11 is 0. The van der Waals surface area contributed by atoms with Gasteiger partial charge < -0.3 is 14.4 Å².